The number of hydrogen-bond acceptors (Lipinski definition) is 3. The Morgan fingerprint density at radius 1 is 1.05 bits per heavy atom. The fourth-order valence-electron chi connectivity index (χ4n) is 2.35. The van der Waals surface area contributed by atoms with Gasteiger partial charge in [-0.15, -0.1) is 0 Å². The minimum absolute atomic E-state index is 0.692. The third-order valence-corrected chi connectivity index (χ3v) is 3.35. The minimum Gasteiger partial charge on any atom is -0.481 e. The molecule has 0 amide bonds. The van der Waals surface area contributed by atoms with Gasteiger partial charge in [0.05, 0.1) is 7.11 Å². The van der Waals surface area contributed by atoms with E-state index in [2.05, 4.69) is 48.4 Å². The van der Waals surface area contributed by atoms with E-state index in [4.69, 9.17) is 4.74 Å². The van der Waals surface area contributed by atoms with Crippen LogP contribution in [0, 0.1) is 5.92 Å². The normalized spacial score (nSPS) is 10.9. The number of rotatable bonds is 7. The molecule has 1 heterocycles. The SMILES string of the molecule is COc1ncccc1CNCc1ccc(CC(C)C)cc1. The van der Waals surface area contributed by atoms with Gasteiger partial charge in [0.15, 0.2) is 0 Å². The van der Waals surface area contributed by atoms with Crippen LogP contribution in [0.3, 0.4) is 0 Å². The highest BCUT2D eigenvalue weighted by molar-refractivity contribution is 5.26. The second-order valence-electron chi connectivity index (χ2n) is 5.69. The van der Waals surface area contributed by atoms with Crippen LogP contribution in [-0.2, 0) is 19.5 Å². The number of aromatic nitrogens is 1. The van der Waals surface area contributed by atoms with E-state index in [1.54, 1.807) is 13.3 Å². The molecule has 0 bridgehead atoms. The van der Waals surface area contributed by atoms with Crippen LogP contribution in [0.5, 0.6) is 5.88 Å². The molecule has 1 N–H and O–H groups in total. The molecule has 0 aliphatic heterocycles. The van der Waals surface area contributed by atoms with Gasteiger partial charge < -0.3 is 10.1 Å². The highest BCUT2D eigenvalue weighted by Crippen LogP contribution is 2.13. The second-order valence-corrected chi connectivity index (χ2v) is 5.69. The quantitative estimate of drug-likeness (QED) is 0.844. The summed E-state index contributed by atoms with van der Waals surface area (Å²) in [7, 11) is 1.65. The first-order valence-corrected chi connectivity index (χ1v) is 7.45. The van der Waals surface area contributed by atoms with E-state index in [1.807, 2.05) is 12.1 Å². The van der Waals surface area contributed by atoms with Crippen molar-refractivity contribution in [2.24, 2.45) is 5.92 Å². The van der Waals surface area contributed by atoms with Crippen molar-refractivity contribution < 1.29 is 4.74 Å². The van der Waals surface area contributed by atoms with Gasteiger partial charge in [-0.1, -0.05) is 44.2 Å². The van der Waals surface area contributed by atoms with E-state index >= 15 is 0 Å². The number of nitrogens with one attached hydrogen (secondary N) is 1. The molecule has 0 aliphatic carbocycles. The minimum atomic E-state index is 0.692. The topological polar surface area (TPSA) is 34.1 Å². The Kier molecular flexibility index (Phi) is 5.76. The molecule has 21 heavy (non-hydrogen) atoms. The molecule has 112 valence electrons. The summed E-state index contributed by atoms with van der Waals surface area (Å²) in [6, 6.07) is 12.8. The summed E-state index contributed by atoms with van der Waals surface area (Å²) < 4.78 is 5.25. The van der Waals surface area contributed by atoms with Crippen LogP contribution < -0.4 is 10.1 Å². The summed E-state index contributed by atoms with van der Waals surface area (Å²) in [5, 5.41) is 3.43. The number of methoxy groups -OCH3 is 1. The van der Waals surface area contributed by atoms with Crippen LogP contribution >= 0.6 is 0 Å². The van der Waals surface area contributed by atoms with Gasteiger partial charge in [-0.25, -0.2) is 4.98 Å². The largest absolute Gasteiger partial charge is 0.481 e. The molecule has 2 rings (SSSR count). The van der Waals surface area contributed by atoms with Crippen molar-refractivity contribution in [3.05, 3.63) is 59.3 Å². The van der Waals surface area contributed by atoms with E-state index < -0.39 is 0 Å². The van der Waals surface area contributed by atoms with Crippen molar-refractivity contribution >= 4 is 0 Å². The van der Waals surface area contributed by atoms with Crippen molar-refractivity contribution in [1.29, 1.82) is 0 Å². The lowest BCUT2D eigenvalue weighted by Crippen LogP contribution is -2.13. The molecular weight excluding hydrogens is 260 g/mol. The van der Waals surface area contributed by atoms with Crippen molar-refractivity contribution in [3.63, 3.8) is 0 Å². The molecule has 2 aromatic rings. The van der Waals surface area contributed by atoms with Gasteiger partial charge in [0.1, 0.15) is 0 Å². The van der Waals surface area contributed by atoms with Crippen LogP contribution in [0.2, 0.25) is 0 Å². The lowest BCUT2D eigenvalue weighted by atomic mass is 10.0. The smallest absolute Gasteiger partial charge is 0.217 e. The monoisotopic (exact) mass is 284 g/mol. The predicted molar refractivity (Wildman–Crippen MR) is 86.3 cm³/mol. The van der Waals surface area contributed by atoms with Gasteiger partial charge in [-0.3, -0.25) is 0 Å². The average Bonchev–Trinajstić information content (AvgIpc) is 2.49. The van der Waals surface area contributed by atoms with Gasteiger partial charge in [-0.2, -0.15) is 0 Å². The highest BCUT2D eigenvalue weighted by Gasteiger charge is 2.03. The maximum atomic E-state index is 5.25. The summed E-state index contributed by atoms with van der Waals surface area (Å²) in [5.41, 5.74) is 3.78. The molecule has 0 atom stereocenters. The Labute approximate surface area is 127 Å². The van der Waals surface area contributed by atoms with Crippen molar-refractivity contribution in [3.8, 4) is 5.88 Å². The highest BCUT2D eigenvalue weighted by atomic mass is 16.5. The van der Waals surface area contributed by atoms with Gasteiger partial charge in [-0.05, 0) is 29.5 Å². The molecule has 0 fully saturated rings. The summed E-state index contributed by atoms with van der Waals surface area (Å²) in [4.78, 5) is 4.20. The lowest BCUT2D eigenvalue weighted by Gasteiger charge is -2.09. The number of nitrogens with zero attached hydrogens (tertiary/aromatic N) is 1. The zero-order chi connectivity index (χ0) is 15.1. The fraction of sp³-hybridized carbons (Fsp3) is 0.389. The second kappa shape index (κ2) is 7.79. The van der Waals surface area contributed by atoms with E-state index in [0.29, 0.717) is 11.8 Å². The number of benzene rings is 1. The molecule has 0 saturated carbocycles. The molecule has 0 spiro atoms. The number of hydrogen-bond donors (Lipinski definition) is 1. The molecule has 0 aliphatic rings. The standard InChI is InChI=1S/C18H24N2O/c1-14(2)11-15-6-8-16(9-7-15)12-19-13-17-5-4-10-20-18(17)21-3/h4-10,14,19H,11-13H2,1-3H3. The van der Waals surface area contributed by atoms with Crippen LogP contribution in [0.15, 0.2) is 42.6 Å². The zero-order valence-corrected chi connectivity index (χ0v) is 13.1. The Morgan fingerprint density at radius 2 is 1.76 bits per heavy atom. The maximum Gasteiger partial charge on any atom is 0.217 e. The molecule has 0 radical (unpaired) electrons. The molecule has 1 aromatic heterocycles. The van der Waals surface area contributed by atoms with Crippen molar-refractivity contribution in [2.45, 2.75) is 33.4 Å². The van der Waals surface area contributed by atoms with E-state index in [9.17, 15) is 0 Å². The van der Waals surface area contributed by atoms with E-state index in [1.165, 1.54) is 11.1 Å². The van der Waals surface area contributed by atoms with Crippen LogP contribution in [0.4, 0.5) is 0 Å². The number of ether oxygens (including phenoxy) is 1. The van der Waals surface area contributed by atoms with Crippen LogP contribution in [0.25, 0.3) is 0 Å². The summed E-state index contributed by atoms with van der Waals surface area (Å²) in [6.45, 7) is 6.10. The third-order valence-electron chi connectivity index (χ3n) is 3.35. The van der Waals surface area contributed by atoms with Crippen molar-refractivity contribution in [2.75, 3.05) is 7.11 Å². The molecule has 3 heteroatoms. The first-order valence-electron chi connectivity index (χ1n) is 7.45. The average molecular weight is 284 g/mol. The van der Waals surface area contributed by atoms with Gasteiger partial charge in [0, 0.05) is 24.8 Å². The Morgan fingerprint density at radius 3 is 2.43 bits per heavy atom. The van der Waals surface area contributed by atoms with Gasteiger partial charge in [0.25, 0.3) is 0 Å². The molecule has 0 saturated heterocycles. The molecule has 0 unspecified atom stereocenters. The molecule has 1 aromatic carbocycles. The Balaban J connectivity index is 1.86. The fourth-order valence-corrected chi connectivity index (χ4v) is 2.35. The summed E-state index contributed by atoms with van der Waals surface area (Å²) in [5.74, 6) is 1.39. The lowest BCUT2D eigenvalue weighted by molar-refractivity contribution is 0.390. The van der Waals surface area contributed by atoms with Crippen LogP contribution in [0.1, 0.15) is 30.5 Å². The van der Waals surface area contributed by atoms with Gasteiger partial charge >= 0.3 is 0 Å². The van der Waals surface area contributed by atoms with E-state index in [-0.39, 0.29) is 0 Å². The third kappa shape index (κ3) is 4.87. The maximum absolute atomic E-state index is 5.25. The van der Waals surface area contributed by atoms with Crippen molar-refractivity contribution in [1.82, 2.24) is 10.3 Å². The van der Waals surface area contributed by atoms with Gasteiger partial charge in [0.2, 0.25) is 5.88 Å². The first kappa shape index (κ1) is 15.5. The molecule has 3 nitrogen and oxygen atoms in total. The number of pyridine rings is 1. The predicted octanol–water partition coefficient (Wildman–Crippen LogP) is 3.58. The molecular formula is C18H24N2O. The Bertz CT molecular complexity index is 549. The summed E-state index contributed by atoms with van der Waals surface area (Å²) in [6.07, 6.45) is 2.89. The Hall–Kier alpha value is -1.87. The zero-order valence-electron chi connectivity index (χ0n) is 13.1. The first-order chi connectivity index (χ1) is 10.2. The summed E-state index contributed by atoms with van der Waals surface area (Å²) >= 11 is 0. The van der Waals surface area contributed by atoms with E-state index in [0.717, 1.165) is 25.1 Å². The van der Waals surface area contributed by atoms with Crippen LogP contribution in [-0.4, -0.2) is 12.1 Å².